The third kappa shape index (κ3) is 7.10. The zero-order valence-electron chi connectivity index (χ0n) is 13.9. The summed E-state index contributed by atoms with van der Waals surface area (Å²) in [4.78, 5) is 0. The van der Waals surface area contributed by atoms with Crippen molar-refractivity contribution < 1.29 is 5.11 Å². The molecule has 0 spiro atoms. The standard InChI is InChI=1S/C19H33NO/c1-3-4-5-6-7-8-14-19(2,21)18-13-9-11-17(16-18)12-10-15-20/h9,11,13,16,21H,3-8,10,12,14-15,20H2,1-2H3. The van der Waals surface area contributed by atoms with Gasteiger partial charge < -0.3 is 10.8 Å². The van der Waals surface area contributed by atoms with Gasteiger partial charge in [0.15, 0.2) is 0 Å². The number of unbranched alkanes of at least 4 members (excludes halogenated alkanes) is 5. The van der Waals surface area contributed by atoms with Crippen molar-refractivity contribution in [2.75, 3.05) is 6.54 Å². The molecule has 0 bridgehead atoms. The summed E-state index contributed by atoms with van der Waals surface area (Å²) in [6.45, 7) is 4.90. The van der Waals surface area contributed by atoms with Gasteiger partial charge in [0.1, 0.15) is 0 Å². The van der Waals surface area contributed by atoms with E-state index in [4.69, 9.17) is 5.73 Å². The van der Waals surface area contributed by atoms with Gasteiger partial charge in [-0.3, -0.25) is 0 Å². The number of benzene rings is 1. The fraction of sp³-hybridized carbons (Fsp3) is 0.684. The Labute approximate surface area is 130 Å². The van der Waals surface area contributed by atoms with E-state index in [9.17, 15) is 5.11 Å². The van der Waals surface area contributed by atoms with Gasteiger partial charge in [0, 0.05) is 0 Å². The fourth-order valence-electron chi connectivity index (χ4n) is 2.76. The van der Waals surface area contributed by atoms with Crippen LogP contribution < -0.4 is 5.73 Å². The van der Waals surface area contributed by atoms with E-state index < -0.39 is 5.60 Å². The summed E-state index contributed by atoms with van der Waals surface area (Å²) in [6.07, 6.45) is 10.4. The van der Waals surface area contributed by atoms with Crippen LogP contribution in [0.3, 0.4) is 0 Å². The van der Waals surface area contributed by atoms with E-state index in [0.29, 0.717) is 0 Å². The van der Waals surface area contributed by atoms with Crippen LogP contribution in [-0.4, -0.2) is 11.7 Å². The van der Waals surface area contributed by atoms with Gasteiger partial charge in [0.2, 0.25) is 0 Å². The van der Waals surface area contributed by atoms with E-state index in [-0.39, 0.29) is 0 Å². The maximum Gasteiger partial charge on any atom is 0.0868 e. The Bertz CT molecular complexity index is 387. The van der Waals surface area contributed by atoms with Crippen molar-refractivity contribution in [3.63, 3.8) is 0 Å². The normalized spacial score (nSPS) is 14.1. The molecule has 0 aromatic heterocycles. The summed E-state index contributed by atoms with van der Waals surface area (Å²) in [5.41, 5.74) is 7.19. The number of aryl methyl sites for hydroxylation is 1. The monoisotopic (exact) mass is 291 g/mol. The quantitative estimate of drug-likeness (QED) is 0.588. The molecule has 1 atom stereocenters. The summed E-state index contributed by atoms with van der Waals surface area (Å²) >= 11 is 0. The highest BCUT2D eigenvalue weighted by Gasteiger charge is 2.22. The predicted molar refractivity (Wildman–Crippen MR) is 91.4 cm³/mol. The van der Waals surface area contributed by atoms with Crippen LogP contribution >= 0.6 is 0 Å². The Hall–Kier alpha value is -0.860. The molecule has 0 aliphatic rings. The Balaban J connectivity index is 2.45. The van der Waals surface area contributed by atoms with Crippen LogP contribution in [-0.2, 0) is 12.0 Å². The average molecular weight is 291 g/mol. The maximum absolute atomic E-state index is 10.7. The SMILES string of the molecule is CCCCCCCCC(C)(O)c1cccc(CCCN)c1. The molecule has 1 aromatic carbocycles. The molecule has 0 saturated carbocycles. The summed E-state index contributed by atoms with van der Waals surface area (Å²) in [5.74, 6) is 0. The molecular formula is C19H33NO. The second-order valence-corrected chi connectivity index (χ2v) is 6.38. The first-order valence-corrected chi connectivity index (χ1v) is 8.62. The lowest BCUT2D eigenvalue weighted by molar-refractivity contribution is 0.0447. The van der Waals surface area contributed by atoms with Gasteiger partial charge in [0.25, 0.3) is 0 Å². The van der Waals surface area contributed by atoms with E-state index in [1.54, 1.807) is 0 Å². The average Bonchev–Trinajstić information content (AvgIpc) is 2.49. The molecule has 1 unspecified atom stereocenters. The third-order valence-electron chi connectivity index (χ3n) is 4.24. The van der Waals surface area contributed by atoms with Crippen molar-refractivity contribution in [2.24, 2.45) is 5.73 Å². The summed E-state index contributed by atoms with van der Waals surface area (Å²) in [6, 6.07) is 8.37. The minimum absolute atomic E-state index is 0.705. The highest BCUT2D eigenvalue weighted by Crippen LogP contribution is 2.28. The molecule has 0 amide bonds. The topological polar surface area (TPSA) is 46.2 Å². The second-order valence-electron chi connectivity index (χ2n) is 6.38. The van der Waals surface area contributed by atoms with E-state index >= 15 is 0 Å². The van der Waals surface area contributed by atoms with E-state index in [2.05, 4.69) is 25.1 Å². The lowest BCUT2D eigenvalue weighted by atomic mass is 9.88. The molecule has 2 nitrogen and oxygen atoms in total. The van der Waals surface area contributed by atoms with Crippen molar-refractivity contribution in [2.45, 2.75) is 77.2 Å². The van der Waals surface area contributed by atoms with Gasteiger partial charge in [-0.2, -0.15) is 0 Å². The van der Waals surface area contributed by atoms with Gasteiger partial charge in [0.05, 0.1) is 5.60 Å². The Morgan fingerprint density at radius 2 is 1.76 bits per heavy atom. The molecule has 1 aromatic rings. The summed E-state index contributed by atoms with van der Waals surface area (Å²) in [5, 5.41) is 10.7. The van der Waals surface area contributed by atoms with E-state index in [1.807, 2.05) is 13.0 Å². The van der Waals surface area contributed by atoms with Crippen LogP contribution in [0.1, 0.15) is 76.3 Å². The third-order valence-corrected chi connectivity index (χ3v) is 4.24. The van der Waals surface area contributed by atoms with Gasteiger partial charge in [-0.1, -0.05) is 69.7 Å². The molecule has 0 saturated heterocycles. The Morgan fingerprint density at radius 1 is 1.05 bits per heavy atom. The van der Waals surface area contributed by atoms with Crippen molar-refractivity contribution in [1.82, 2.24) is 0 Å². The van der Waals surface area contributed by atoms with Crippen LogP contribution in [0.5, 0.6) is 0 Å². The molecule has 120 valence electrons. The highest BCUT2D eigenvalue weighted by molar-refractivity contribution is 5.28. The Kier molecular flexibility index (Phi) is 8.63. The lowest BCUT2D eigenvalue weighted by Gasteiger charge is -2.24. The second kappa shape index (κ2) is 9.97. The molecule has 0 aliphatic heterocycles. The van der Waals surface area contributed by atoms with Crippen LogP contribution in [0.4, 0.5) is 0 Å². The van der Waals surface area contributed by atoms with Crippen molar-refractivity contribution in [1.29, 1.82) is 0 Å². The largest absolute Gasteiger partial charge is 0.385 e. The smallest absolute Gasteiger partial charge is 0.0868 e. The summed E-state index contributed by atoms with van der Waals surface area (Å²) in [7, 11) is 0. The molecule has 0 fully saturated rings. The minimum Gasteiger partial charge on any atom is -0.385 e. The Morgan fingerprint density at radius 3 is 2.48 bits per heavy atom. The molecule has 21 heavy (non-hydrogen) atoms. The summed E-state index contributed by atoms with van der Waals surface area (Å²) < 4.78 is 0. The number of rotatable bonds is 11. The first kappa shape index (κ1) is 18.2. The molecule has 0 aliphatic carbocycles. The van der Waals surface area contributed by atoms with Gasteiger partial charge in [-0.15, -0.1) is 0 Å². The van der Waals surface area contributed by atoms with Crippen LogP contribution in [0.15, 0.2) is 24.3 Å². The van der Waals surface area contributed by atoms with Crippen molar-refractivity contribution in [3.8, 4) is 0 Å². The van der Waals surface area contributed by atoms with Gasteiger partial charge in [-0.25, -0.2) is 0 Å². The number of aliphatic hydroxyl groups is 1. The van der Waals surface area contributed by atoms with E-state index in [1.165, 1.54) is 37.7 Å². The van der Waals surface area contributed by atoms with Crippen molar-refractivity contribution in [3.05, 3.63) is 35.4 Å². The van der Waals surface area contributed by atoms with Crippen LogP contribution in [0.2, 0.25) is 0 Å². The number of nitrogens with two attached hydrogens (primary N) is 1. The molecular weight excluding hydrogens is 258 g/mol. The predicted octanol–water partition coefficient (Wildman–Crippen LogP) is 4.54. The number of hydrogen-bond acceptors (Lipinski definition) is 2. The first-order valence-electron chi connectivity index (χ1n) is 8.62. The van der Waals surface area contributed by atoms with Gasteiger partial charge in [-0.05, 0) is 43.9 Å². The zero-order chi connectivity index (χ0) is 15.6. The molecule has 3 N–H and O–H groups in total. The molecule has 2 heteroatoms. The van der Waals surface area contributed by atoms with Gasteiger partial charge >= 0.3 is 0 Å². The maximum atomic E-state index is 10.7. The highest BCUT2D eigenvalue weighted by atomic mass is 16.3. The van der Waals surface area contributed by atoms with Crippen molar-refractivity contribution >= 4 is 0 Å². The molecule has 1 rings (SSSR count). The number of hydrogen-bond donors (Lipinski definition) is 2. The lowest BCUT2D eigenvalue weighted by Crippen LogP contribution is -2.21. The van der Waals surface area contributed by atoms with Crippen LogP contribution in [0.25, 0.3) is 0 Å². The fourth-order valence-corrected chi connectivity index (χ4v) is 2.76. The first-order chi connectivity index (χ1) is 10.1. The molecule has 0 radical (unpaired) electrons. The zero-order valence-corrected chi connectivity index (χ0v) is 13.9. The molecule has 0 heterocycles. The minimum atomic E-state index is -0.705. The van der Waals surface area contributed by atoms with Crippen LogP contribution in [0, 0.1) is 0 Å². The van der Waals surface area contributed by atoms with E-state index in [0.717, 1.165) is 37.8 Å².